The molecule has 2 aliphatic heterocycles. The zero-order chi connectivity index (χ0) is 27.6. The number of fused-ring (bicyclic) bond motifs is 4. The third kappa shape index (κ3) is 3.30. The normalized spacial score (nSPS) is 14.2. The number of nitrogens with zero attached hydrogens (tertiary/aromatic N) is 1. The summed E-state index contributed by atoms with van der Waals surface area (Å²) < 4.78 is 0. The van der Waals surface area contributed by atoms with Crippen LogP contribution in [0.3, 0.4) is 0 Å². The minimum atomic E-state index is -2.64. The first-order valence-electron chi connectivity index (χ1n) is 14.5. The van der Waals surface area contributed by atoms with E-state index in [9.17, 15) is 0 Å². The van der Waals surface area contributed by atoms with Gasteiger partial charge in [-0.3, -0.25) is 0 Å². The van der Waals surface area contributed by atoms with E-state index in [-0.39, 0.29) is 6.71 Å². The van der Waals surface area contributed by atoms with Gasteiger partial charge in [-0.15, -0.1) is 0 Å². The molecule has 2 heterocycles. The minimum absolute atomic E-state index is 0.181. The van der Waals surface area contributed by atoms with Crippen LogP contribution < -0.4 is 42.0 Å². The van der Waals surface area contributed by atoms with Crippen LogP contribution in [0.5, 0.6) is 0 Å². The van der Waals surface area contributed by atoms with Crippen molar-refractivity contribution in [2.75, 3.05) is 4.90 Å². The summed E-state index contributed by atoms with van der Waals surface area (Å²) in [6.45, 7) is 4.68. The van der Waals surface area contributed by atoms with Gasteiger partial charge >= 0.3 is 0 Å². The first-order valence-corrected chi connectivity index (χ1v) is 16.5. The second-order valence-corrected chi connectivity index (χ2v) is 15.1. The van der Waals surface area contributed by atoms with Crippen molar-refractivity contribution in [1.29, 1.82) is 0 Å². The Bertz CT molecular complexity index is 1890. The summed E-state index contributed by atoms with van der Waals surface area (Å²) in [4.78, 5) is 2.55. The number of anilines is 3. The Balaban J connectivity index is 1.57. The highest BCUT2D eigenvalue weighted by Crippen LogP contribution is 2.39. The maximum Gasteiger partial charge on any atom is 0.246 e. The molecule has 0 aromatic heterocycles. The molecule has 0 fully saturated rings. The topological polar surface area (TPSA) is 3.24 Å². The maximum atomic E-state index is 2.55. The molecule has 0 spiro atoms. The Kier molecular flexibility index (Phi) is 5.45. The molecule has 6 aromatic rings. The van der Waals surface area contributed by atoms with Crippen LogP contribution in [0.4, 0.5) is 17.1 Å². The van der Waals surface area contributed by atoms with Crippen molar-refractivity contribution in [3.05, 3.63) is 157 Å². The quantitative estimate of drug-likeness (QED) is 0.303. The molecular weight excluding hydrogens is 509 g/mol. The van der Waals surface area contributed by atoms with Crippen molar-refractivity contribution in [2.45, 2.75) is 13.8 Å². The van der Waals surface area contributed by atoms with Gasteiger partial charge in [0.25, 0.3) is 0 Å². The Morgan fingerprint density at radius 3 is 1.73 bits per heavy atom. The molecule has 2 aliphatic rings. The molecule has 0 saturated heterocycles. The Morgan fingerprint density at radius 1 is 0.463 bits per heavy atom. The van der Waals surface area contributed by atoms with E-state index in [2.05, 4.69) is 164 Å². The molecule has 0 unspecified atom stereocenters. The van der Waals surface area contributed by atoms with E-state index in [1.54, 1.807) is 0 Å². The van der Waals surface area contributed by atoms with Gasteiger partial charge in [0.2, 0.25) is 6.71 Å². The van der Waals surface area contributed by atoms with E-state index in [0.29, 0.717) is 0 Å². The molecule has 41 heavy (non-hydrogen) atoms. The summed E-state index contributed by atoms with van der Waals surface area (Å²) in [7, 11) is -2.64. The Hall–Kier alpha value is -4.60. The van der Waals surface area contributed by atoms with Crippen molar-refractivity contribution in [1.82, 2.24) is 0 Å². The van der Waals surface area contributed by atoms with Gasteiger partial charge in [0.1, 0.15) is 0 Å². The summed E-state index contributed by atoms with van der Waals surface area (Å²) in [5.74, 6) is 0. The van der Waals surface area contributed by atoms with Crippen LogP contribution in [-0.4, -0.2) is 14.8 Å². The number of rotatable bonds is 3. The van der Waals surface area contributed by atoms with E-state index in [4.69, 9.17) is 0 Å². The lowest BCUT2D eigenvalue weighted by Crippen LogP contribution is -2.87. The van der Waals surface area contributed by atoms with Crippen molar-refractivity contribution in [3.8, 4) is 0 Å². The minimum Gasteiger partial charge on any atom is -0.311 e. The van der Waals surface area contributed by atoms with Gasteiger partial charge in [-0.25, -0.2) is 0 Å². The molecule has 0 atom stereocenters. The lowest BCUT2D eigenvalue weighted by atomic mass is 9.34. The highest BCUT2D eigenvalue weighted by Gasteiger charge is 2.52. The van der Waals surface area contributed by atoms with Crippen LogP contribution >= 0.6 is 0 Å². The highest BCUT2D eigenvalue weighted by molar-refractivity contribution is 7.26. The first kappa shape index (κ1) is 24.2. The summed E-state index contributed by atoms with van der Waals surface area (Å²) in [5.41, 5.74) is 10.8. The third-order valence-corrected chi connectivity index (χ3v) is 14.2. The predicted molar refractivity (Wildman–Crippen MR) is 179 cm³/mol. The van der Waals surface area contributed by atoms with Gasteiger partial charge in [0.15, 0.2) is 8.07 Å². The molecule has 0 radical (unpaired) electrons. The average molecular weight is 540 g/mol. The van der Waals surface area contributed by atoms with E-state index >= 15 is 0 Å². The lowest BCUT2D eigenvalue weighted by Gasteiger charge is -2.47. The van der Waals surface area contributed by atoms with E-state index in [0.717, 1.165) is 0 Å². The largest absolute Gasteiger partial charge is 0.311 e. The number of hydrogen-bond acceptors (Lipinski definition) is 1. The van der Waals surface area contributed by atoms with Gasteiger partial charge < -0.3 is 4.90 Å². The third-order valence-electron chi connectivity index (χ3n) is 9.27. The fourth-order valence-corrected chi connectivity index (χ4v) is 12.9. The van der Waals surface area contributed by atoms with Crippen LogP contribution in [0.1, 0.15) is 11.1 Å². The van der Waals surface area contributed by atoms with E-state index in [1.807, 2.05) is 0 Å². The monoisotopic (exact) mass is 539 g/mol. The molecule has 194 valence electrons. The second kappa shape index (κ2) is 9.22. The van der Waals surface area contributed by atoms with Crippen LogP contribution in [0, 0.1) is 13.8 Å². The van der Waals surface area contributed by atoms with E-state index in [1.165, 1.54) is 65.3 Å². The van der Waals surface area contributed by atoms with Crippen molar-refractivity contribution < 1.29 is 0 Å². The molecule has 8 rings (SSSR count). The standard InChI is InChI=1S/C38H30BNSi/c1-27-15-9-11-23-33(27)40-34-24-14-26-36-37(34)39(32-22-13-16-28(2)38(32)40)31-21-10-12-25-35(31)41(36,29-17-5-3-6-18-29)30-19-7-4-8-20-30/h3-26H,1-2H3. The summed E-state index contributed by atoms with van der Waals surface area (Å²) in [6, 6.07) is 54.8. The Morgan fingerprint density at radius 2 is 1.00 bits per heavy atom. The molecule has 0 aliphatic carbocycles. The fraction of sp³-hybridized carbons (Fsp3) is 0.0526. The molecule has 0 N–H and O–H groups in total. The molecular formula is C38H30BNSi. The van der Waals surface area contributed by atoms with Gasteiger partial charge in [-0.2, -0.15) is 0 Å². The van der Waals surface area contributed by atoms with Gasteiger partial charge in [0.05, 0.1) is 0 Å². The molecule has 3 heteroatoms. The first-order chi connectivity index (χ1) is 20.2. The number of benzene rings is 6. The SMILES string of the molecule is Cc1ccccc1N1c2cccc3c2B(c2ccccc2[Si]3(c2ccccc2)c2ccccc2)c2cccc(C)c21. The highest BCUT2D eigenvalue weighted by atomic mass is 28.3. The molecule has 0 amide bonds. The molecule has 0 bridgehead atoms. The second-order valence-electron chi connectivity index (χ2n) is 11.4. The summed E-state index contributed by atoms with van der Waals surface area (Å²) in [6.07, 6.45) is 0. The fourth-order valence-electron chi connectivity index (χ4n) is 7.66. The average Bonchev–Trinajstić information content (AvgIpc) is 3.03. The molecule has 0 saturated carbocycles. The lowest BCUT2D eigenvalue weighted by molar-refractivity contribution is 1.23. The smallest absolute Gasteiger partial charge is 0.246 e. The number of hydrogen-bond donors (Lipinski definition) is 0. The number of aryl methyl sites for hydroxylation is 2. The van der Waals surface area contributed by atoms with Gasteiger partial charge in [-0.1, -0.05) is 139 Å². The van der Waals surface area contributed by atoms with Crippen LogP contribution in [0.15, 0.2) is 146 Å². The van der Waals surface area contributed by atoms with Gasteiger partial charge in [0, 0.05) is 17.1 Å². The van der Waals surface area contributed by atoms with Crippen molar-refractivity contribution in [2.24, 2.45) is 0 Å². The van der Waals surface area contributed by atoms with E-state index < -0.39 is 8.07 Å². The van der Waals surface area contributed by atoms with Crippen molar-refractivity contribution in [3.63, 3.8) is 0 Å². The zero-order valence-corrected chi connectivity index (χ0v) is 24.4. The Labute approximate surface area is 243 Å². The number of para-hydroxylation sites is 2. The summed E-state index contributed by atoms with van der Waals surface area (Å²) >= 11 is 0. The summed E-state index contributed by atoms with van der Waals surface area (Å²) in [5, 5.41) is 5.87. The van der Waals surface area contributed by atoms with Crippen LogP contribution in [0.25, 0.3) is 0 Å². The zero-order valence-electron chi connectivity index (χ0n) is 23.4. The molecule has 1 nitrogen and oxygen atoms in total. The predicted octanol–water partition coefficient (Wildman–Crippen LogP) is 4.29. The molecule has 6 aromatic carbocycles. The van der Waals surface area contributed by atoms with Gasteiger partial charge in [-0.05, 0) is 68.8 Å². The van der Waals surface area contributed by atoms with Crippen molar-refractivity contribution >= 4 is 69.0 Å². The van der Waals surface area contributed by atoms with Crippen LogP contribution in [0.2, 0.25) is 0 Å². The van der Waals surface area contributed by atoms with Crippen LogP contribution in [-0.2, 0) is 0 Å². The maximum absolute atomic E-state index is 2.64.